The van der Waals surface area contributed by atoms with Gasteiger partial charge in [0.05, 0.1) is 22.2 Å². The molecular weight excluding hydrogens is 603 g/mol. The number of hydrogen-bond acceptors (Lipinski definition) is 3. The molecule has 3 aromatic heterocycles. The molecule has 0 bridgehead atoms. The number of benzene rings is 7. The van der Waals surface area contributed by atoms with Crippen molar-refractivity contribution in [3.05, 3.63) is 164 Å². The number of rotatable bonds is 4. The standard InChI is InChI=1S/C44H27N3S/c1-3-12-28(13-4-1)30-16-11-17-31(26-30)32-22-23-36-39(27-32)47(38-25-24-34-33-18-8-10-21-40(33)48-43(34)41(36)38)44-45-37-20-9-7-19-35(37)42(46-44)29-14-5-2-6-15-29/h1-27H. The minimum atomic E-state index is 0.670. The van der Waals surface area contributed by atoms with Crippen molar-refractivity contribution < 1.29 is 0 Å². The Morgan fingerprint density at radius 3 is 1.90 bits per heavy atom. The summed E-state index contributed by atoms with van der Waals surface area (Å²) in [6.45, 7) is 0. The van der Waals surface area contributed by atoms with Gasteiger partial charge in [0, 0.05) is 41.9 Å². The lowest BCUT2D eigenvalue weighted by atomic mass is 9.98. The molecule has 0 amide bonds. The van der Waals surface area contributed by atoms with Crippen molar-refractivity contribution in [2.24, 2.45) is 0 Å². The van der Waals surface area contributed by atoms with Gasteiger partial charge in [0.15, 0.2) is 0 Å². The fourth-order valence-electron chi connectivity index (χ4n) is 7.17. The van der Waals surface area contributed by atoms with Gasteiger partial charge in [-0.2, -0.15) is 0 Å². The van der Waals surface area contributed by atoms with Gasteiger partial charge in [0.2, 0.25) is 5.95 Å². The Labute approximate surface area is 281 Å². The molecule has 224 valence electrons. The number of nitrogens with zero attached hydrogens (tertiary/aromatic N) is 3. The van der Waals surface area contributed by atoms with Crippen molar-refractivity contribution in [1.29, 1.82) is 0 Å². The Morgan fingerprint density at radius 1 is 0.417 bits per heavy atom. The number of aromatic nitrogens is 3. The third-order valence-electron chi connectivity index (χ3n) is 9.42. The Bertz CT molecular complexity index is 2830. The van der Waals surface area contributed by atoms with E-state index in [4.69, 9.17) is 9.97 Å². The van der Waals surface area contributed by atoms with Gasteiger partial charge in [0.1, 0.15) is 0 Å². The average Bonchev–Trinajstić information content (AvgIpc) is 3.70. The van der Waals surface area contributed by atoms with Crippen LogP contribution in [-0.4, -0.2) is 14.5 Å². The van der Waals surface area contributed by atoms with Gasteiger partial charge < -0.3 is 0 Å². The van der Waals surface area contributed by atoms with Crippen LogP contribution in [0.4, 0.5) is 0 Å². The second-order valence-corrected chi connectivity index (χ2v) is 13.3. The summed E-state index contributed by atoms with van der Waals surface area (Å²) in [6.07, 6.45) is 0. The average molecular weight is 630 g/mol. The summed E-state index contributed by atoms with van der Waals surface area (Å²) in [6, 6.07) is 58.3. The van der Waals surface area contributed by atoms with E-state index < -0.39 is 0 Å². The van der Waals surface area contributed by atoms with Crippen LogP contribution in [0.15, 0.2) is 164 Å². The molecule has 0 unspecified atom stereocenters. The highest BCUT2D eigenvalue weighted by Gasteiger charge is 2.21. The summed E-state index contributed by atoms with van der Waals surface area (Å²) < 4.78 is 4.86. The van der Waals surface area contributed by atoms with Crippen LogP contribution in [0, 0.1) is 0 Å². The zero-order valence-corrected chi connectivity index (χ0v) is 26.7. The quantitative estimate of drug-likeness (QED) is 0.194. The smallest absolute Gasteiger partial charge is 0.235 e. The Morgan fingerprint density at radius 2 is 1.06 bits per heavy atom. The molecule has 4 heteroatoms. The van der Waals surface area contributed by atoms with Crippen LogP contribution >= 0.6 is 11.3 Å². The molecule has 0 saturated heterocycles. The fraction of sp³-hybridized carbons (Fsp3) is 0. The topological polar surface area (TPSA) is 30.7 Å². The first-order valence-electron chi connectivity index (χ1n) is 16.2. The zero-order chi connectivity index (χ0) is 31.6. The van der Waals surface area contributed by atoms with Crippen molar-refractivity contribution in [2.45, 2.75) is 0 Å². The van der Waals surface area contributed by atoms with Crippen LogP contribution in [-0.2, 0) is 0 Å². The number of fused-ring (bicyclic) bond motifs is 8. The Balaban J connectivity index is 1.29. The molecule has 7 aromatic carbocycles. The predicted octanol–water partition coefficient (Wildman–Crippen LogP) is 12.1. The SMILES string of the molecule is c1ccc(-c2cccc(-c3ccc4c5c6sc7ccccc7c6ccc5n(-c5nc(-c6ccccc6)c6ccccc6n5)c4c3)c2)cc1. The van der Waals surface area contributed by atoms with E-state index in [9.17, 15) is 0 Å². The van der Waals surface area contributed by atoms with Gasteiger partial charge >= 0.3 is 0 Å². The van der Waals surface area contributed by atoms with E-state index in [0.29, 0.717) is 5.95 Å². The van der Waals surface area contributed by atoms with Gasteiger partial charge in [-0.3, -0.25) is 4.57 Å². The molecule has 0 fully saturated rings. The molecule has 0 N–H and O–H groups in total. The fourth-order valence-corrected chi connectivity index (χ4v) is 8.43. The number of hydrogen-bond donors (Lipinski definition) is 0. The third-order valence-corrected chi connectivity index (χ3v) is 10.6. The van der Waals surface area contributed by atoms with Crippen molar-refractivity contribution in [1.82, 2.24) is 14.5 Å². The van der Waals surface area contributed by atoms with E-state index in [0.717, 1.165) is 38.8 Å². The maximum Gasteiger partial charge on any atom is 0.235 e. The molecule has 0 atom stereocenters. The number of thiophene rings is 1. The zero-order valence-electron chi connectivity index (χ0n) is 25.8. The molecule has 3 nitrogen and oxygen atoms in total. The highest BCUT2D eigenvalue weighted by molar-refractivity contribution is 7.26. The first-order valence-corrected chi connectivity index (χ1v) is 17.0. The Hall–Kier alpha value is -6.10. The minimum absolute atomic E-state index is 0.670. The van der Waals surface area contributed by atoms with E-state index in [2.05, 4.69) is 162 Å². The summed E-state index contributed by atoms with van der Waals surface area (Å²) in [4.78, 5) is 10.6. The van der Waals surface area contributed by atoms with Gasteiger partial charge in [-0.25, -0.2) is 9.97 Å². The van der Waals surface area contributed by atoms with E-state index >= 15 is 0 Å². The lowest BCUT2D eigenvalue weighted by molar-refractivity contribution is 1.01. The summed E-state index contributed by atoms with van der Waals surface area (Å²) in [5.74, 6) is 0.670. The molecule has 10 rings (SSSR count). The molecule has 0 radical (unpaired) electrons. The maximum atomic E-state index is 5.35. The van der Waals surface area contributed by atoms with E-state index in [1.54, 1.807) is 0 Å². The van der Waals surface area contributed by atoms with Crippen molar-refractivity contribution in [2.75, 3.05) is 0 Å². The molecule has 48 heavy (non-hydrogen) atoms. The number of para-hydroxylation sites is 1. The highest BCUT2D eigenvalue weighted by Crippen LogP contribution is 2.44. The third kappa shape index (κ3) is 4.20. The Kier molecular flexibility index (Phi) is 6.05. The van der Waals surface area contributed by atoms with Gasteiger partial charge in [-0.1, -0.05) is 133 Å². The van der Waals surface area contributed by atoms with E-state index in [1.807, 2.05) is 17.4 Å². The van der Waals surface area contributed by atoms with Crippen LogP contribution < -0.4 is 0 Å². The van der Waals surface area contributed by atoms with E-state index in [-0.39, 0.29) is 0 Å². The molecule has 0 aliphatic rings. The summed E-state index contributed by atoms with van der Waals surface area (Å²) in [7, 11) is 0. The van der Waals surface area contributed by atoms with Crippen LogP contribution in [0.5, 0.6) is 0 Å². The summed E-state index contributed by atoms with van der Waals surface area (Å²) in [5.41, 5.74) is 9.86. The van der Waals surface area contributed by atoms with Crippen LogP contribution in [0.25, 0.3) is 92.3 Å². The normalized spacial score (nSPS) is 11.8. The maximum absolute atomic E-state index is 5.35. The van der Waals surface area contributed by atoms with Crippen molar-refractivity contribution in [3.8, 4) is 39.5 Å². The van der Waals surface area contributed by atoms with Gasteiger partial charge in [0.25, 0.3) is 0 Å². The van der Waals surface area contributed by atoms with Crippen molar-refractivity contribution in [3.63, 3.8) is 0 Å². The molecule has 10 aromatic rings. The molecule has 3 heterocycles. The molecule has 0 saturated carbocycles. The summed E-state index contributed by atoms with van der Waals surface area (Å²) in [5, 5.41) is 6.06. The van der Waals surface area contributed by atoms with E-state index in [1.165, 1.54) is 47.6 Å². The highest BCUT2D eigenvalue weighted by atomic mass is 32.1. The molecule has 0 aliphatic carbocycles. The monoisotopic (exact) mass is 629 g/mol. The van der Waals surface area contributed by atoms with Crippen molar-refractivity contribution >= 4 is 64.2 Å². The molecule has 0 spiro atoms. The first-order chi connectivity index (χ1) is 23.8. The first kappa shape index (κ1) is 27.1. The molecular formula is C44H27N3S. The lowest BCUT2D eigenvalue weighted by Gasteiger charge is -2.12. The van der Waals surface area contributed by atoms with Crippen LogP contribution in [0.2, 0.25) is 0 Å². The second-order valence-electron chi connectivity index (χ2n) is 12.2. The largest absolute Gasteiger partial charge is 0.278 e. The lowest BCUT2D eigenvalue weighted by Crippen LogP contribution is -2.03. The van der Waals surface area contributed by atoms with Gasteiger partial charge in [-0.15, -0.1) is 11.3 Å². The second kappa shape index (κ2) is 10.7. The molecule has 0 aliphatic heterocycles. The summed E-state index contributed by atoms with van der Waals surface area (Å²) >= 11 is 1.86. The van der Waals surface area contributed by atoms with Crippen LogP contribution in [0.1, 0.15) is 0 Å². The van der Waals surface area contributed by atoms with Crippen LogP contribution in [0.3, 0.4) is 0 Å². The predicted molar refractivity (Wildman–Crippen MR) is 203 cm³/mol. The minimum Gasteiger partial charge on any atom is -0.278 e. The van der Waals surface area contributed by atoms with Gasteiger partial charge in [-0.05, 0) is 52.6 Å².